The quantitative estimate of drug-likeness (QED) is 0.742. The normalized spacial score (nSPS) is 17.5. The Balaban J connectivity index is 1.69. The Morgan fingerprint density at radius 2 is 2.26 bits per heavy atom. The lowest BCUT2D eigenvalue weighted by Crippen LogP contribution is -2.23. The van der Waals surface area contributed by atoms with Crippen molar-refractivity contribution < 1.29 is 4.74 Å². The molecule has 0 aliphatic carbocycles. The molecular formula is C15H17N7O. The number of hydrogen-bond acceptors (Lipinski definition) is 7. The molecule has 0 aromatic carbocycles. The van der Waals surface area contributed by atoms with Gasteiger partial charge in [0.05, 0.1) is 31.2 Å². The molecule has 0 bridgehead atoms. The first-order valence-electron chi connectivity index (χ1n) is 7.50. The molecule has 1 aliphatic rings. The highest BCUT2D eigenvalue weighted by Gasteiger charge is 2.15. The summed E-state index contributed by atoms with van der Waals surface area (Å²) in [6.07, 6.45) is 7.94. The van der Waals surface area contributed by atoms with Crippen LogP contribution in [0, 0.1) is 0 Å². The number of ether oxygens (including phenoxy) is 1. The van der Waals surface area contributed by atoms with Crippen molar-refractivity contribution in [2.75, 3.05) is 25.5 Å². The van der Waals surface area contributed by atoms with Crippen molar-refractivity contribution in [3.8, 4) is 11.7 Å². The number of fused-ring (bicyclic) bond motifs is 1. The van der Waals surface area contributed by atoms with Gasteiger partial charge in [0.2, 0.25) is 5.88 Å². The third-order valence-corrected chi connectivity index (χ3v) is 3.90. The molecule has 8 nitrogen and oxygen atoms in total. The molecule has 0 amide bonds. The standard InChI is InChI=1S/C15H17N7O/c1-23-15-4-12-11(6-18-15)19-9-22(12)14-8-17-7-13(21-14)20-10-2-3-16-5-10/h4,6-10,16H,2-3,5H2,1H3,(H,20,21)/t10-/m1/s1. The Morgan fingerprint density at radius 1 is 1.30 bits per heavy atom. The highest BCUT2D eigenvalue weighted by atomic mass is 16.5. The minimum Gasteiger partial charge on any atom is -0.481 e. The summed E-state index contributed by atoms with van der Waals surface area (Å²) in [4.78, 5) is 17.5. The van der Waals surface area contributed by atoms with Crippen LogP contribution >= 0.6 is 0 Å². The molecule has 2 N–H and O–H groups in total. The second-order valence-corrected chi connectivity index (χ2v) is 5.43. The number of rotatable bonds is 4. The van der Waals surface area contributed by atoms with Gasteiger partial charge in [-0.25, -0.2) is 15.0 Å². The molecule has 3 aromatic heterocycles. The van der Waals surface area contributed by atoms with Gasteiger partial charge in [0.25, 0.3) is 0 Å². The zero-order chi connectivity index (χ0) is 15.6. The molecule has 0 radical (unpaired) electrons. The average molecular weight is 311 g/mol. The number of aromatic nitrogens is 5. The lowest BCUT2D eigenvalue weighted by molar-refractivity contribution is 0.398. The van der Waals surface area contributed by atoms with E-state index in [1.807, 2.05) is 10.6 Å². The van der Waals surface area contributed by atoms with E-state index in [0.717, 1.165) is 36.4 Å². The van der Waals surface area contributed by atoms with Crippen LogP contribution in [0.25, 0.3) is 16.9 Å². The highest BCUT2D eigenvalue weighted by Crippen LogP contribution is 2.20. The molecule has 118 valence electrons. The second-order valence-electron chi connectivity index (χ2n) is 5.43. The molecule has 1 atom stereocenters. The Hall–Kier alpha value is -2.74. The summed E-state index contributed by atoms with van der Waals surface area (Å²) in [5.74, 6) is 2.01. The van der Waals surface area contributed by atoms with Gasteiger partial charge in [0.15, 0.2) is 5.82 Å². The number of anilines is 1. The van der Waals surface area contributed by atoms with Gasteiger partial charge in [-0.3, -0.25) is 9.55 Å². The first-order valence-corrected chi connectivity index (χ1v) is 7.50. The molecule has 1 aliphatic heterocycles. The minimum atomic E-state index is 0.392. The van der Waals surface area contributed by atoms with Gasteiger partial charge >= 0.3 is 0 Å². The van der Waals surface area contributed by atoms with Crippen molar-refractivity contribution in [3.63, 3.8) is 0 Å². The van der Waals surface area contributed by atoms with Crippen LogP contribution in [0.2, 0.25) is 0 Å². The number of nitrogens with one attached hydrogen (secondary N) is 2. The van der Waals surface area contributed by atoms with E-state index in [4.69, 9.17) is 4.74 Å². The molecule has 0 spiro atoms. The van der Waals surface area contributed by atoms with E-state index in [0.29, 0.717) is 17.7 Å². The molecule has 4 heterocycles. The van der Waals surface area contributed by atoms with Crippen LogP contribution in [-0.2, 0) is 0 Å². The van der Waals surface area contributed by atoms with E-state index < -0.39 is 0 Å². The summed E-state index contributed by atoms with van der Waals surface area (Å²) < 4.78 is 7.07. The van der Waals surface area contributed by atoms with Crippen LogP contribution in [0.1, 0.15) is 6.42 Å². The van der Waals surface area contributed by atoms with Crippen LogP contribution < -0.4 is 15.4 Å². The van der Waals surface area contributed by atoms with Crippen molar-refractivity contribution in [3.05, 3.63) is 31.0 Å². The maximum Gasteiger partial charge on any atom is 0.215 e. The number of methoxy groups -OCH3 is 1. The largest absolute Gasteiger partial charge is 0.481 e. The van der Waals surface area contributed by atoms with E-state index in [1.165, 1.54) is 0 Å². The van der Waals surface area contributed by atoms with Gasteiger partial charge in [-0.15, -0.1) is 0 Å². The van der Waals surface area contributed by atoms with E-state index in [9.17, 15) is 0 Å². The van der Waals surface area contributed by atoms with Crippen molar-refractivity contribution in [2.24, 2.45) is 0 Å². The number of hydrogen-bond donors (Lipinski definition) is 2. The number of pyridine rings is 1. The fraction of sp³-hybridized carbons (Fsp3) is 0.333. The monoisotopic (exact) mass is 311 g/mol. The summed E-state index contributed by atoms with van der Waals surface area (Å²) in [7, 11) is 1.59. The Morgan fingerprint density at radius 3 is 3.09 bits per heavy atom. The maximum atomic E-state index is 5.19. The van der Waals surface area contributed by atoms with E-state index in [2.05, 4.69) is 30.6 Å². The molecule has 3 aromatic rings. The number of imidazole rings is 1. The molecule has 0 unspecified atom stereocenters. The van der Waals surface area contributed by atoms with E-state index >= 15 is 0 Å². The topological polar surface area (TPSA) is 89.8 Å². The molecule has 1 fully saturated rings. The second kappa shape index (κ2) is 5.81. The zero-order valence-electron chi connectivity index (χ0n) is 12.7. The van der Waals surface area contributed by atoms with Crippen molar-refractivity contribution in [1.29, 1.82) is 0 Å². The first-order chi connectivity index (χ1) is 11.3. The molecular weight excluding hydrogens is 294 g/mol. The Labute approximate surface area is 133 Å². The molecule has 23 heavy (non-hydrogen) atoms. The first kappa shape index (κ1) is 13.9. The van der Waals surface area contributed by atoms with Gasteiger partial charge in [-0.1, -0.05) is 0 Å². The summed E-state index contributed by atoms with van der Waals surface area (Å²) in [6, 6.07) is 2.23. The van der Waals surface area contributed by atoms with Crippen molar-refractivity contribution >= 4 is 16.9 Å². The third kappa shape index (κ3) is 2.68. The lowest BCUT2D eigenvalue weighted by Gasteiger charge is -2.12. The third-order valence-electron chi connectivity index (χ3n) is 3.90. The molecule has 1 saturated heterocycles. The van der Waals surface area contributed by atoms with Gasteiger partial charge in [0.1, 0.15) is 17.7 Å². The predicted molar refractivity (Wildman–Crippen MR) is 85.9 cm³/mol. The van der Waals surface area contributed by atoms with Crippen LogP contribution in [0.4, 0.5) is 5.82 Å². The van der Waals surface area contributed by atoms with Crippen LogP contribution in [0.15, 0.2) is 31.0 Å². The van der Waals surface area contributed by atoms with Crippen LogP contribution in [0.3, 0.4) is 0 Å². The van der Waals surface area contributed by atoms with Gasteiger partial charge in [-0.05, 0) is 13.0 Å². The average Bonchev–Trinajstić information content (AvgIpc) is 3.23. The van der Waals surface area contributed by atoms with Gasteiger partial charge < -0.3 is 15.4 Å². The van der Waals surface area contributed by atoms with Crippen LogP contribution in [-0.4, -0.2) is 50.7 Å². The van der Waals surface area contributed by atoms with Gasteiger partial charge in [-0.2, -0.15) is 0 Å². The summed E-state index contributed by atoms with van der Waals surface area (Å²) in [5, 5.41) is 6.73. The van der Waals surface area contributed by atoms with E-state index in [1.54, 1.807) is 32.0 Å². The SMILES string of the molecule is COc1cc2c(cn1)ncn2-c1cncc(N[C@@H]2CCNC2)n1. The van der Waals surface area contributed by atoms with Crippen molar-refractivity contribution in [1.82, 2.24) is 29.8 Å². The fourth-order valence-electron chi connectivity index (χ4n) is 2.72. The van der Waals surface area contributed by atoms with Gasteiger partial charge in [0, 0.05) is 18.7 Å². The Bertz CT molecular complexity index is 826. The number of nitrogens with zero attached hydrogens (tertiary/aromatic N) is 5. The predicted octanol–water partition coefficient (Wildman–Crippen LogP) is 0.993. The molecule has 8 heteroatoms. The minimum absolute atomic E-state index is 0.392. The summed E-state index contributed by atoms with van der Waals surface area (Å²) in [6.45, 7) is 1.98. The smallest absolute Gasteiger partial charge is 0.215 e. The molecule has 4 rings (SSSR count). The van der Waals surface area contributed by atoms with Crippen molar-refractivity contribution in [2.45, 2.75) is 12.5 Å². The lowest BCUT2D eigenvalue weighted by atomic mass is 10.3. The van der Waals surface area contributed by atoms with E-state index in [-0.39, 0.29) is 0 Å². The summed E-state index contributed by atoms with van der Waals surface area (Å²) in [5.41, 5.74) is 1.66. The summed E-state index contributed by atoms with van der Waals surface area (Å²) >= 11 is 0. The molecule has 0 saturated carbocycles. The zero-order valence-corrected chi connectivity index (χ0v) is 12.7. The Kier molecular flexibility index (Phi) is 3.51. The maximum absolute atomic E-state index is 5.19. The highest BCUT2D eigenvalue weighted by molar-refractivity contribution is 5.77. The van der Waals surface area contributed by atoms with Crippen LogP contribution in [0.5, 0.6) is 5.88 Å². The fourth-order valence-corrected chi connectivity index (χ4v) is 2.72.